The number of hydrogen-bond acceptors (Lipinski definition) is 5. The van der Waals surface area contributed by atoms with Crippen LogP contribution < -0.4 is 4.74 Å². The Kier molecular flexibility index (Phi) is 4.59. The molecule has 29 heavy (non-hydrogen) atoms. The van der Waals surface area contributed by atoms with Gasteiger partial charge in [0.1, 0.15) is 11.3 Å². The molecule has 0 saturated carbocycles. The van der Waals surface area contributed by atoms with Crippen molar-refractivity contribution in [3.05, 3.63) is 88.0 Å². The van der Waals surface area contributed by atoms with Crippen molar-refractivity contribution in [1.82, 2.24) is 9.71 Å². The zero-order valence-corrected chi connectivity index (χ0v) is 15.4. The second kappa shape index (κ2) is 7.37. The van der Waals surface area contributed by atoms with Gasteiger partial charge in [-0.05, 0) is 54.6 Å². The maximum absolute atomic E-state index is 10.9. The van der Waals surface area contributed by atoms with E-state index in [9.17, 15) is 15.3 Å². The molecule has 0 atom stereocenters. The zero-order valence-electron chi connectivity index (χ0n) is 15.4. The predicted octanol–water partition coefficient (Wildman–Crippen LogP) is 4.26. The van der Waals surface area contributed by atoms with Gasteiger partial charge in [0.2, 0.25) is 0 Å². The highest BCUT2D eigenvalue weighted by atomic mass is 16.6. The SMILES string of the molecule is COc1ccc(C#Cc2ccc(-c3nc4ccc([N+](=O)[O-])cc4n3O)cc2)cc1. The Morgan fingerprint density at radius 1 is 1.00 bits per heavy atom. The van der Waals surface area contributed by atoms with E-state index >= 15 is 0 Å². The molecule has 0 saturated heterocycles. The first kappa shape index (κ1) is 18.1. The van der Waals surface area contributed by atoms with E-state index in [0.717, 1.165) is 21.6 Å². The van der Waals surface area contributed by atoms with Gasteiger partial charge in [0.25, 0.3) is 5.69 Å². The number of methoxy groups -OCH3 is 1. The highest BCUT2D eigenvalue weighted by Gasteiger charge is 2.15. The number of non-ortho nitro benzene ring substituents is 1. The molecule has 0 aliphatic carbocycles. The smallest absolute Gasteiger partial charge is 0.271 e. The fourth-order valence-corrected chi connectivity index (χ4v) is 2.87. The number of benzene rings is 3. The molecule has 0 amide bonds. The molecule has 0 aliphatic rings. The summed E-state index contributed by atoms with van der Waals surface area (Å²) in [4.78, 5) is 14.8. The highest BCUT2D eigenvalue weighted by Crippen LogP contribution is 2.26. The Morgan fingerprint density at radius 3 is 2.21 bits per heavy atom. The quantitative estimate of drug-likeness (QED) is 0.246. The molecule has 142 valence electrons. The van der Waals surface area contributed by atoms with Gasteiger partial charge in [-0.25, -0.2) is 4.98 Å². The number of nitro benzene ring substituents is 1. The van der Waals surface area contributed by atoms with E-state index in [0.29, 0.717) is 16.9 Å². The summed E-state index contributed by atoms with van der Waals surface area (Å²) < 4.78 is 5.99. The van der Waals surface area contributed by atoms with Crippen molar-refractivity contribution in [3.63, 3.8) is 0 Å². The molecule has 1 aromatic heterocycles. The molecule has 1 heterocycles. The number of nitrogens with zero attached hydrogens (tertiary/aromatic N) is 3. The van der Waals surface area contributed by atoms with Crippen LogP contribution in [0.4, 0.5) is 5.69 Å². The van der Waals surface area contributed by atoms with Crippen molar-refractivity contribution in [1.29, 1.82) is 0 Å². The first-order valence-corrected chi connectivity index (χ1v) is 8.68. The van der Waals surface area contributed by atoms with Crippen LogP contribution in [0.25, 0.3) is 22.4 Å². The zero-order chi connectivity index (χ0) is 20.4. The van der Waals surface area contributed by atoms with E-state index in [4.69, 9.17) is 4.74 Å². The molecule has 7 heteroatoms. The van der Waals surface area contributed by atoms with E-state index in [1.54, 1.807) is 19.2 Å². The lowest BCUT2D eigenvalue weighted by atomic mass is 10.1. The number of hydrogen-bond donors (Lipinski definition) is 1. The van der Waals surface area contributed by atoms with Crippen LogP contribution in [0, 0.1) is 22.0 Å². The molecule has 0 spiro atoms. The van der Waals surface area contributed by atoms with Crippen LogP contribution in [0.2, 0.25) is 0 Å². The second-order valence-electron chi connectivity index (χ2n) is 6.23. The highest BCUT2D eigenvalue weighted by molar-refractivity contribution is 5.82. The first-order valence-electron chi connectivity index (χ1n) is 8.68. The van der Waals surface area contributed by atoms with Crippen molar-refractivity contribution < 1.29 is 14.9 Å². The number of imidazole rings is 1. The molecule has 0 radical (unpaired) electrons. The Bertz CT molecular complexity index is 1260. The van der Waals surface area contributed by atoms with Gasteiger partial charge < -0.3 is 9.94 Å². The largest absolute Gasteiger partial charge is 0.497 e. The molecule has 0 aliphatic heterocycles. The van der Waals surface area contributed by atoms with Crippen molar-refractivity contribution >= 4 is 16.7 Å². The summed E-state index contributed by atoms with van der Waals surface area (Å²) in [6, 6.07) is 18.9. The van der Waals surface area contributed by atoms with Crippen LogP contribution in [0.1, 0.15) is 11.1 Å². The molecule has 3 aromatic carbocycles. The number of fused-ring (bicyclic) bond motifs is 1. The number of rotatable bonds is 3. The summed E-state index contributed by atoms with van der Waals surface area (Å²) in [6.07, 6.45) is 0. The predicted molar refractivity (Wildman–Crippen MR) is 108 cm³/mol. The molecule has 0 fully saturated rings. The lowest BCUT2D eigenvalue weighted by Crippen LogP contribution is -1.95. The normalized spacial score (nSPS) is 10.4. The van der Waals surface area contributed by atoms with E-state index in [1.807, 2.05) is 36.4 Å². The number of ether oxygens (including phenoxy) is 1. The van der Waals surface area contributed by atoms with Gasteiger partial charge in [-0.2, -0.15) is 4.73 Å². The van der Waals surface area contributed by atoms with Gasteiger partial charge in [0.05, 0.1) is 17.5 Å². The Labute approximate surface area is 165 Å². The summed E-state index contributed by atoms with van der Waals surface area (Å²) in [6.45, 7) is 0. The van der Waals surface area contributed by atoms with Crippen LogP contribution in [0.3, 0.4) is 0 Å². The van der Waals surface area contributed by atoms with Crippen LogP contribution in [0.5, 0.6) is 5.75 Å². The first-order chi connectivity index (χ1) is 14.0. The molecule has 0 unspecified atom stereocenters. The minimum atomic E-state index is -0.512. The summed E-state index contributed by atoms with van der Waals surface area (Å²) in [5, 5.41) is 21.3. The van der Waals surface area contributed by atoms with Crippen LogP contribution in [-0.4, -0.2) is 27.0 Å². The van der Waals surface area contributed by atoms with E-state index in [-0.39, 0.29) is 11.2 Å². The fraction of sp³-hybridized carbons (Fsp3) is 0.0455. The van der Waals surface area contributed by atoms with Crippen molar-refractivity contribution in [2.75, 3.05) is 7.11 Å². The second-order valence-corrected chi connectivity index (χ2v) is 6.23. The molecular weight excluding hydrogens is 370 g/mol. The van der Waals surface area contributed by atoms with Crippen LogP contribution >= 0.6 is 0 Å². The van der Waals surface area contributed by atoms with Gasteiger partial charge in [0.15, 0.2) is 5.82 Å². The standard InChI is InChI=1S/C22H15N3O4/c1-29-19-11-6-16(7-12-19)3-2-15-4-8-17(9-5-15)22-23-20-13-10-18(25(27)28)14-21(20)24(22)26/h4-14,26H,1H3. The monoisotopic (exact) mass is 385 g/mol. The van der Waals surface area contributed by atoms with Crippen LogP contribution in [0.15, 0.2) is 66.7 Å². The molecule has 1 N–H and O–H groups in total. The number of aromatic nitrogens is 2. The Hall–Kier alpha value is -4.31. The van der Waals surface area contributed by atoms with Crippen molar-refractivity contribution in [3.8, 4) is 29.0 Å². The van der Waals surface area contributed by atoms with Crippen LogP contribution in [-0.2, 0) is 0 Å². The minimum Gasteiger partial charge on any atom is -0.497 e. The van der Waals surface area contributed by atoms with Gasteiger partial charge >= 0.3 is 0 Å². The summed E-state index contributed by atoms with van der Waals surface area (Å²) in [5.74, 6) is 7.24. The Balaban J connectivity index is 1.62. The third-order valence-corrected chi connectivity index (χ3v) is 4.41. The molecular formula is C22H15N3O4. The maximum atomic E-state index is 10.9. The maximum Gasteiger partial charge on any atom is 0.271 e. The molecule has 0 bridgehead atoms. The lowest BCUT2D eigenvalue weighted by molar-refractivity contribution is -0.384. The van der Waals surface area contributed by atoms with Gasteiger partial charge in [-0.1, -0.05) is 11.8 Å². The average molecular weight is 385 g/mol. The lowest BCUT2D eigenvalue weighted by Gasteiger charge is -2.01. The molecule has 4 aromatic rings. The van der Waals surface area contributed by atoms with Gasteiger partial charge in [-0.3, -0.25) is 10.1 Å². The molecule has 4 rings (SSSR count). The summed E-state index contributed by atoms with van der Waals surface area (Å²) in [5.41, 5.74) is 2.98. The van der Waals surface area contributed by atoms with E-state index < -0.39 is 4.92 Å². The van der Waals surface area contributed by atoms with Gasteiger partial charge in [-0.15, -0.1) is 0 Å². The number of nitro groups is 1. The topological polar surface area (TPSA) is 90.4 Å². The van der Waals surface area contributed by atoms with Crippen molar-refractivity contribution in [2.24, 2.45) is 0 Å². The third kappa shape index (κ3) is 3.59. The van der Waals surface area contributed by atoms with E-state index in [1.165, 1.54) is 18.2 Å². The Morgan fingerprint density at radius 2 is 1.62 bits per heavy atom. The fourth-order valence-electron chi connectivity index (χ4n) is 2.87. The molecule has 7 nitrogen and oxygen atoms in total. The summed E-state index contributed by atoms with van der Waals surface area (Å²) in [7, 11) is 1.62. The van der Waals surface area contributed by atoms with Crippen molar-refractivity contribution in [2.45, 2.75) is 0 Å². The average Bonchev–Trinajstić information content (AvgIpc) is 3.09. The third-order valence-electron chi connectivity index (χ3n) is 4.41. The summed E-state index contributed by atoms with van der Waals surface area (Å²) >= 11 is 0. The minimum absolute atomic E-state index is 0.108. The van der Waals surface area contributed by atoms with E-state index in [2.05, 4.69) is 16.8 Å². The van der Waals surface area contributed by atoms with Gasteiger partial charge in [0, 0.05) is 28.8 Å².